The van der Waals surface area contributed by atoms with Crippen LogP contribution in [0, 0.1) is 5.82 Å². The highest BCUT2D eigenvalue weighted by atomic mass is 79.9. The molecule has 0 saturated heterocycles. The molecule has 0 heterocycles. The van der Waals surface area contributed by atoms with Crippen molar-refractivity contribution in [3.63, 3.8) is 0 Å². The van der Waals surface area contributed by atoms with Crippen LogP contribution in [-0.2, 0) is 0 Å². The fraction of sp³-hybridized carbons (Fsp3) is 0.400. The summed E-state index contributed by atoms with van der Waals surface area (Å²) >= 11 is 2.98. The molecule has 5 nitrogen and oxygen atoms in total. The van der Waals surface area contributed by atoms with Gasteiger partial charge in [0.25, 0.3) is 0 Å². The molecule has 0 aliphatic heterocycles. The zero-order chi connectivity index (χ0) is 13.1. The molecule has 1 aromatic rings. The predicted octanol–water partition coefficient (Wildman–Crippen LogP) is 0.298. The van der Waals surface area contributed by atoms with E-state index < -0.39 is 31.2 Å². The molecule has 96 valence electrons. The van der Waals surface area contributed by atoms with Crippen LogP contribution >= 0.6 is 15.9 Å². The van der Waals surface area contributed by atoms with Crippen molar-refractivity contribution >= 4 is 27.3 Å². The normalized spacial score (nSPS) is 11.6. The molecule has 0 aliphatic rings. The van der Waals surface area contributed by atoms with Gasteiger partial charge in [0, 0.05) is 6.07 Å². The van der Waals surface area contributed by atoms with Gasteiger partial charge in [-0.3, -0.25) is 0 Å². The minimum atomic E-state index is -1.34. The standard InChI is InChI=1S/C10H14BrFN2O3/c11-6-1-8(13)9(2-7(6)12)14-10(3-15,4-16)5-17/h1-2,14-17H,3-5,13H2. The third-order valence-corrected chi connectivity index (χ3v) is 3.01. The maximum atomic E-state index is 13.3. The summed E-state index contributed by atoms with van der Waals surface area (Å²) in [6.45, 7) is -1.55. The van der Waals surface area contributed by atoms with Gasteiger partial charge in [-0.05, 0) is 22.0 Å². The molecule has 0 aliphatic carbocycles. The van der Waals surface area contributed by atoms with Crippen molar-refractivity contribution in [2.45, 2.75) is 5.54 Å². The number of halogens is 2. The van der Waals surface area contributed by atoms with Crippen molar-refractivity contribution in [3.05, 3.63) is 22.4 Å². The molecule has 17 heavy (non-hydrogen) atoms. The summed E-state index contributed by atoms with van der Waals surface area (Å²) in [6.07, 6.45) is 0. The first-order chi connectivity index (χ1) is 7.98. The molecule has 0 spiro atoms. The highest BCUT2D eigenvalue weighted by Gasteiger charge is 2.28. The van der Waals surface area contributed by atoms with Gasteiger partial charge in [0.2, 0.25) is 0 Å². The predicted molar refractivity (Wildman–Crippen MR) is 66.1 cm³/mol. The minimum Gasteiger partial charge on any atom is -0.397 e. The third kappa shape index (κ3) is 3.06. The Balaban J connectivity index is 3.05. The second-order valence-electron chi connectivity index (χ2n) is 3.73. The Labute approximate surface area is 106 Å². The van der Waals surface area contributed by atoms with Crippen molar-refractivity contribution in [1.29, 1.82) is 0 Å². The number of benzene rings is 1. The molecule has 6 N–H and O–H groups in total. The smallest absolute Gasteiger partial charge is 0.139 e. The Bertz CT molecular complexity index is 391. The Hall–Kier alpha value is -0.890. The van der Waals surface area contributed by atoms with Crippen molar-refractivity contribution in [2.24, 2.45) is 0 Å². The topological polar surface area (TPSA) is 98.7 Å². The molecule has 0 amide bonds. The lowest BCUT2D eigenvalue weighted by Gasteiger charge is -2.30. The maximum Gasteiger partial charge on any atom is 0.139 e. The molecule has 1 rings (SSSR count). The van der Waals surface area contributed by atoms with Crippen LogP contribution in [0.15, 0.2) is 16.6 Å². The van der Waals surface area contributed by atoms with Crippen LogP contribution in [0.1, 0.15) is 0 Å². The number of aliphatic hydroxyl groups is 3. The van der Waals surface area contributed by atoms with E-state index in [2.05, 4.69) is 21.2 Å². The largest absolute Gasteiger partial charge is 0.397 e. The average Bonchev–Trinajstić information content (AvgIpc) is 2.33. The summed E-state index contributed by atoms with van der Waals surface area (Å²) in [5, 5.41) is 30.0. The van der Waals surface area contributed by atoms with Crippen LogP contribution in [0.5, 0.6) is 0 Å². The van der Waals surface area contributed by atoms with Crippen LogP contribution in [0.25, 0.3) is 0 Å². The second kappa shape index (κ2) is 5.63. The number of hydrogen-bond donors (Lipinski definition) is 5. The second-order valence-corrected chi connectivity index (χ2v) is 4.59. The average molecular weight is 309 g/mol. The monoisotopic (exact) mass is 308 g/mol. The molecule has 0 bridgehead atoms. The van der Waals surface area contributed by atoms with Crippen molar-refractivity contribution in [2.75, 3.05) is 30.9 Å². The van der Waals surface area contributed by atoms with Gasteiger partial charge in [0.05, 0.1) is 35.7 Å². The molecule has 0 fully saturated rings. The van der Waals surface area contributed by atoms with Crippen LogP contribution in [0.4, 0.5) is 15.8 Å². The van der Waals surface area contributed by atoms with Gasteiger partial charge in [-0.1, -0.05) is 0 Å². The lowest BCUT2D eigenvalue weighted by atomic mass is 10.0. The van der Waals surface area contributed by atoms with Gasteiger partial charge in [-0.25, -0.2) is 4.39 Å². The van der Waals surface area contributed by atoms with Gasteiger partial charge < -0.3 is 26.4 Å². The van der Waals surface area contributed by atoms with Gasteiger partial charge in [0.1, 0.15) is 11.4 Å². The van der Waals surface area contributed by atoms with E-state index in [4.69, 9.17) is 21.1 Å². The Morgan fingerprint density at radius 3 is 2.24 bits per heavy atom. The highest BCUT2D eigenvalue weighted by molar-refractivity contribution is 9.10. The number of rotatable bonds is 5. The maximum absolute atomic E-state index is 13.3. The van der Waals surface area contributed by atoms with E-state index in [1.54, 1.807) is 0 Å². The molecular weight excluding hydrogens is 295 g/mol. The summed E-state index contributed by atoms with van der Waals surface area (Å²) in [6, 6.07) is 2.48. The highest BCUT2D eigenvalue weighted by Crippen LogP contribution is 2.28. The van der Waals surface area contributed by atoms with E-state index in [0.29, 0.717) is 0 Å². The zero-order valence-electron chi connectivity index (χ0n) is 8.95. The van der Waals surface area contributed by atoms with E-state index in [9.17, 15) is 4.39 Å². The molecule has 0 saturated carbocycles. The fourth-order valence-corrected chi connectivity index (χ4v) is 1.59. The van der Waals surface area contributed by atoms with E-state index in [1.807, 2.05) is 0 Å². The van der Waals surface area contributed by atoms with Gasteiger partial charge >= 0.3 is 0 Å². The first-order valence-electron chi connectivity index (χ1n) is 4.83. The van der Waals surface area contributed by atoms with Crippen LogP contribution in [-0.4, -0.2) is 40.7 Å². The molecule has 0 aromatic heterocycles. The Morgan fingerprint density at radius 2 is 1.76 bits per heavy atom. The molecule has 0 radical (unpaired) electrons. The van der Waals surface area contributed by atoms with E-state index in [0.717, 1.165) is 6.07 Å². The first-order valence-corrected chi connectivity index (χ1v) is 5.62. The number of nitrogens with two attached hydrogens (primary N) is 1. The Kier molecular flexibility index (Phi) is 4.70. The summed E-state index contributed by atoms with van der Waals surface area (Å²) in [7, 11) is 0. The minimum absolute atomic E-state index is 0.197. The zero-order valence-corrected chi connectivity index (χ0v) is 10.5. The van der Waals surface area contributed by atoms with E-state index in [-0.39, 0.29) is 15.8 Å². The van der Waals surface area contributed by atoms with Gasteiger partial charge in [0.15, 0.2) is 0 Å². The van der Waals surface area contributed by atoms with E-state index in [1.165, 1.54) is 6.07 Å². The summed E-state index contributed by atoms with van der Waals surface area (Å²) in [5.41, 5.74) is 4.75. The lowest BCUT2D eigenvalue weighted by Crippen LogP contribution is -2.49. The van der Waals surface area contributed by atoms with Crippen molar-refractivity contribution in [3.8, 4) is 0 Å². The quantitative estimate of drug-likeness (QED) is 0.504. The molecule has 0 unspecified atom stereocenters. The Morgan fingerprint density at radius 1 is 1.24 bits per heavy atom. The van der Waals surface area contributed by atoms with E-state index >= 15 is 0 Å². The number of nitrogen functional groups attached to an aromatic ring is 1. The lowest BCUT2D eigenvalue weighted by molar-refractivity contribution is 0.0834. The number of nitrogens with one attached hydrogen (secondary N) is 1. The number of anilines is 2. The molecule has 7 heteroatoms. The van der Waals surface area contributed by atoms with Crippen molar-refractivity contribution in [1.82, 2.24) is 0 Å². The number of hydrogen-bond acceptors (Lipinski definition) is 5. The third-order valence-electron chi connectivity index (χ3n) is 2.40. The fourth-order valence-electron chi connectivity index (χ4n) is 1.22. The van der Waals surface area contributed by atoms with Crippen molar-refractivity contribution < 1.29 is 19.7 Å². The van der Waals surface area contributed by atoms with Crippen LogP contribution < -0.4 is 11.1 Å². The SMILES string of the molecule is Nc1cc(Br)c(F)cc1NC(CO)(CO)CO. The van der Waals surface area contributed by atoms with Crippen LogP contribution in [0.3, 0.4) is 0 Å². The molecule has 1 aromatic carbocycles. The summed E-state index contributed by atoms with van der Waals surface area (Å²) < 4.78 is 13.5. The number of aliphatic hydroxyl groups excluding tert-OH is 3. The summed E-state index contributed by atoms with van der Waals surface area (Å²) in [4.78, 5) is 0. The summed E-state index contributed by atoms with van der Waals surface area (Å²) in [5.74, 6) is -0.538. The molecule has 0 atom stereocenters. The van der Waals surface area contributed by atoms with Gasteiger partial charge in [-0.2, -0.15) is 0 Å². The first kappa shape index (κ1) is 14.2. The van der Waals surface area contributed by atoms with Crippen LogP contribution in [0.2, 0.25) is 0 Å². The van der Waals surface area contributed by atoms with Gasteiger partial charge in [-0.15, -0.1) is 0 Å². The molecular formula is C10H14BrFN2O3.